The van der Waals surface area contributed by atoms with E-state index in [4.69, 9.17) is 4.74 Å². The molecule has 1 atom stereocenters. The fourth-order valence-electron chi connectivity index (χ4n) is 2.57. The van der Waals surface area contributed by atoms with Gasteiger partial charge in [0.2, 0.25) is 0 Å². The van der Waals surface area contributed by atoms with Gasteiger partial charge in [-0.25, -0.2) is 0 Å². The van der Waals surface area contributed by atoms with Gasteiger partial charge in [-0.05, 0) is 37.0 Å². The third-order valence-corrected chi connectivity index (χ3v) is 3.82. The second-order valence-electron chi connectivity index (χ2n) is 5.39. The van der Waals surface area contributed by atoms with Crippen LogP contribution in [0.2, 0.25) is 0 Å². The molecule has 0 saturated carbocycles. The zero-order chi connectivity index (χ0) is 11.7. The summed E-state index contributed by atoms with van der Waals surface area (Å²) >= 11 is 0. The van der Waals surface area contributed by atoms with E-state index in [1.807, 2.05) is 0 Å². The van der Waals surface area contributed by atoms with E-state index >= 15 is 0 Å². The Bertz CT molecular complexity index is 411. The fraction of sp³-hybridized carbons (Fsp3) is 0.571. The SMILES string of the molecule is CC1(NCc2ccc3c(c2)NCC3)CCOC1. The molecule has 2 aliphatic rings. The molecule has 1 saturated heterocycles. The van der Waals surface area contributed by atoms with Crippen molar-refractivity contribution in [3.63, 3.8) is 0 Å². The number of fused-ring (bicyclic) bond motifs is 1. The van der Waals surface area contributed by atoms with Gasteiger partial charge in [0.25, 0.3) is 0 Å². The van der Waals surface area contributed by atoms with Gasteiger partial charge in [0.05, 0.1) is 6.61 Å². The molecule has 1 aromatic carbocycles. The molecule has 3 rings (SSSR count). The highest BCUT2D eigenvalue weighted by molar-refractivity contribution is 5.57. The molecule has 2 N–H and O–H groups in total. The molecule has 3 heteroatoms. The summed E-state index contributed by atoms with van der Waals surface area (Å²) in [5.41, 5.74) is 4.28. The van der Waals surface area contributed by atoms with Crippen molar-refractivity contribution in [3.8, 4) is 0 Å². The number of hydrogen-bond donors (Lipinski definition) is 2. The molecule has 2 heterocycles. The number of hydrogen-bond acceptors (Lipinski definition) is 3. The first-order valence-electron chi connectivity index (χ1n) is 6.44. The highest BCUT2D eigenvalue weighted by Crippen LogP contribution is 2.24. The molecule has 0 bridgehead atoms. The van der Waals surface area contributed by atoms with Crippen LogP contribution in [0, 0.1) is 0 Å². The maximum absolute atomic E-state index is 5.45. The van der Waals surface area contributed by atoms with Gasteiger partial charge in [0, 0.05) is 30.9 Å². The van der Waals surface area contributed by atoms with Crippen LogP contribution in [0.25, 0.3) is 0 Å². The molecular formula is C14H20N2O. The van der Waals surface area contributed by atoms with Crippen molar-refractivity contribution < 1.29 is 4.74 Å². The van der Waals surface area contributed by atoms with Gasteiger partial charge < -0.3 is 15.4 Å². The molecule has 0 aromatic heterocycles. The van der Waals surface area contributed by atoms with Crippen LogP contribution >= 0.6 is 0 Å². The maximum Gasteiger partial charge on any atom is 0.0646 e. The Labute approximate surface area is 103 Å². The first kappa shape index (κ1) is 11.1. The topological polar surface area (TPSA) is 33.3 Å². The summed E-state index contributed by atoms with van der Waals surface area (Å²) in [5.74, 6) is 0. The van der Waals surface area contributed by atoms with Crippen LogP contribution in [0.1, 0.15) is 24.5 Å². The summed E-state index contributed by atoms with van der Waals surface area (Å²) < 4.78 is 5.45. The lowest BCUT2D eigenvalue weighted by molar-refractivity contribution is 0.171. The lowest BCUT2D eigenvalue weighted by Gasteiger charge is -2.23. The van der Waals surface area contributed by atoms with Gasteiger partial charge >= 0.3 is 0 Å². The first-order chi connectivity index (χ1) is 8.25. The Hall–Kier alpha value is -1.06. The number of rotatable bonds is 3. The Balaban J connectivity index is 1.65. The first-order valence-corrected chi connectivity index (χ1v) is 6.44. The van der Waals surface area contributed by atoms with Crippen LogP contribution in [0.3, 0.4) is 0 Å². The Morgan fingerprint density at radius 3 is 3.24 bits per heavy atom. The van der Waals surface area contributed by atoms with Crippen LogP contribution in [0.5, 0.6) is 0 Å². The van der Waals surface area contributed by atoms with E-state index in [0.717, 1.165) is 39.1 Å². The molecule has 17 heavy (non-hydrogen) atoms. The second kappa shape index (κ2) is 4.31. The van der Waals surface area contributed by atoms with Gasteiger partial charge in [0.1, 0.15) is 0 Å². The van der Waals surface area contributed by atoms with Gasteiger partial charge in [0.15, 0.2) is 0 Å². The van der Waals surface area contributed by atoms with Crippen LogP contribution in [-0.2, 0) is 17.7 Å². The average molecular weight is 232 g/mol. The maximum atomic E-state index is 5.45. The van der Waals surface area contributed by atoms with Crippen molar-refractivity contribution >= 4 is 5.69 Å². The van der Waals surface area contributed by atoms with Crippen LogP contribution in [-0.4, -0.2) is 25.3 Å². The van der Waals surface area contributed by atoms with E-state index in [2.05, 4.69) is 35.8 Å². The van der Waals surface area contributed by atoms with Crippen molar-refractivity contribution in [1.29, 1.82) is 0 Å². The van der Waals surface area contributed by atoms with Gasteiger partial charge in [-0.3, -0.25) is 0 Å². The summed E-state index contributed by atoms with van der Waals surface area (Å²) in [7, 11) is 0. The smallest absolute Gasteiger partial charge is 0.0646 e. The third kappa shape index (κ3) is 2.31. The second-order valence-corrected chi connectivity index (χ2v) is 5.39. The quantitative estimate of drug-likeness (QED) is 0.835. The standard InChI is InChI=1S/C14H20N2O/c1-14(5-7-17-10-14)16-9-11-2-3-12-4-6-15-13(12)8-11/h2-3,8,15-16H,4-7,9-10H2,1H3. The highest BCUT2D eigenvalue weighted by atomic mass is 16.5. The molecule has 0 amide bonds. The van der Waals surface area contributed by atoms with E-state index in [1.165, 1.54) is 16.8 Å². The van der Waals surface area contributed by atoms with Crippen molar-refractivity contribution in [1.82, 2.24) is 5.32 Å². The monoisotopic (exact) mass is 232 g/mol. The lowest BCUT2D eigenvalue weighted by Crippen LogP contribution is -2.42. The minimum absolute atomic E-state index is 0.159. The molecule has 0 radical (unpaired) electrons. The lowest BCUT2D eigenvalue weighted by atomic mass is 10.0. The van der Waals surface area contributed by atoms with Crippen molar-refractivity contribution in [3.05, 3.63) is 29.3 Å². The summed E-state index contributed by atoms with van der Waals surface area (Å²) in [6.45, 7) is 5.96. The van der Waals surface area contributed by atoms with Crippen molar-refractivity contribution in [2.45, 2.75) is 31.8 Å². The third-order valence-electron chi connectivity index (χ3n) is 3.82. The molecule has 1 unspecified atom stereocenters. The predicted octanol–water partition coefficient (Wildman–Crippen LogP) is 1.92. The molecule has 0 spiro atoms. The van der Waals surface area contributed by atoms with Crippen LogP contribution in [0.4, 0.5) is 5.69 Å². The average Bonchev–Trinajstić information content (AvgIpc) is 2.95. The van der Waals surface area contributed by atoms with E-state index in [0.29, 0.717) is 0 Å². The molecule has 0 aliphatic carbocycles. The highest BCUT2D eigenvalue weighted by Gasteiger charge is 2.28. The normalized spacial score (nSPS) is 26.9. The van der Waals surface area contributed by atoms with Crippen LogP contribution in [0.15, 0.2) is 18.2 Å². The molecule has 1 aromatic rings. The van der Waals surface area contributed by atoms with Gasteiger partial charge in [-0.15, -0.1) is 0 Å². The van der Waals surface area contributed by atoms with Crippen molar-refractivity contribution in [2.75, 3.05) is 25.1 Å². The van der Waals surface area contributed by atoms with Gasteiger partial charge in [-0.2, -0.15) is 0 Å². The number of anilines is 1. The largest absolute Gasteiger partial charge is 0.384 e. The van der Waals surface area contributed by atoms with E-state index in [1.54, 1.807) is 0 Å². The summed E-state index contributed by atoms with van der Waals surface area (Å²) in [5, 5.41) is 7.04. The Morgan fingerprint density at radius 1 is 1.47 bits per heavy atom. The number of ether oxygens (including phenoxy) is 1. The fourth-order valence-corrected chi connectivity index (χ4v) is 2.57. The molecule has 1 fully saturated rings. The van der Waals surface area contributed by atoms with Gasteiger partial charge in [-0.1, -0.05) is 12.1 Å². The Morgan fingerprint density at radius 2 is 2.41 bits per heavy atom. The molecule has 92 valence electrons. The zero-order valence-corrected chi connectivity index (χ0v) is 10.4. The molecule has 3 nitrogen and oxygen atoms in total. The molecule has 2 aliphatic heterocycles. The zero-order valence-electron chi connectivity index (χ0n) is 10.4. The van der Waals surface area contributed by atoms with E-state index in [-0.39, 0.29) is 5.54 Å². The van der Waals surface area contributed by atoms with E-state index < -0.39 is 0 Å². The number of nitrogens with one attached hydrogen (secondary N) is 2. The summed E-state index contributed by atoms with van der Waals surface area (Å²) in [4.78, 5) is 0. The minimum Gasteiger partial charge on any atom is -0.384 e. The molecular weight excluding hydrogens is 212 g/mol. The van der Waals surface area contributed by atoms with E-state index in [9.17, 15) is 0 Å². The predicted molar refractivity (Wildman–Crippen MR) is 69.3 cm³/mol. The summed E-state index contributed by atoms with van der Waals surface area (Å²) in [6.07, 6.45) is 2.27. The summed E-state index contributed by atoms with van der Waals surface area (Å²) in [6, 6.07) is 6.76. The number of benzene rings is 1. The minimum atomic E-state index is 0.159. The van der Waals surface area contributed by atoms with Crippen molar-refractivity contribution in [2.24, 2.45) is 0 Å². The Kier molecular flexibility index (Phi) is 2.81. The van der Waals surface area contributed by atoms with Crippen LogP contribution < -0.4 is 10.6 Å².